The summed E-state index contributed by atoms with van der Waals surface area (Å²) < 4.78 is 1.97. The second kappa shape index (κ2) is 7.25. The van der Waals surface area contributed by atoms with Crippen LogP contribution in [0.5, 0.6) is 0 Å². The second-order valence-electron chi connectivity index (χ2n) is 6.75. The molecule has 136 valence electrons. The summed E-state index contributed by atoms with van der Waals surface area (Å²) >= 11 is 0. The van der Waals surface area contributed by atoms with Crippen LogP contribution in [0.4, 0.5) is 11.6 Å². The molecule has 4 rings (SSSR count). The van der Waals surface area contributed by atoms with E-state index >= 15 is 0 Å². The van der Waals surface area contributed by atoms with Crippen molar-refractivity contribution in [2.75, 3.05) is 29.9 Å². The van der Waals surface area contributed by atoms with Gasteiger partial charge in [0.25, 0.3) is 0 Å². The van der Waals surface area contributed by atoms with Gasteiger partial charge >= 0.3 is 0 Å². The van der Waals surface area contributed by atoms with Crippen LogP contribution in [0.3, 0.4) is 0 Å². The number of hydrogen-bond acceptors (Lipinski definition) is 7. The number of anilines is 2. The Morgan fingerprint density at radius 3 is 3.12 bits per heavy atom. The molecule has 0 radical (unpaired) electrons. The Hall–Kier alpha value is -2.74. The topological polar surface area (TPSA) is 91.5 Å². The second-order valence-corrected chi connectivity index (χ2v) is 6.75. The SMILES string of the molecule is CC(Nc1cc(N2CCCC(CO)C2)ncn1)c1nnc2ccccn12. The van der Waals surface area contributed by atoms with Gasteiger partial charge in [0, 0.05) is 32.0 Å². The van der Waals surface area contributed by atoms with E-state index in [2.05, 4.69) is 30.4 Å². The van der Waals surface area contributed by atoms with Crippen molar-refractivity contribution in [3.63, 3.8) is 0 Å². The molecule has 26 heavy (non-hydrogen) atoms. The first-order chi connectivity index (χ1) is 12.7. The third-order valence-electron chi connectivity index (χ3n) is 4.85. The number of rotatable bonds is 5. The van der Waals surface area contributed by atoms with Gasteiger partial charge in [0.15, 0.2) is 11.5 Å². The molecule has 0 spiro atoms. The van der Waals surface area contributed by atoms with Crippen molar-refractivity contribution in [3.05, 3.63) is 42.6 Å². The molecule has 0 amide bonds. The fourth-order valence-electron chi connectivity index (χ4n) is 3.46. The molecule has 1 aliphatic heterocycles. The third kappa shape index (κ3) is 3.32. The Morgan fingerprint density at radius 1 is 1.31 bits per heavy atom. The maximum Gasteiger partial charge on any atom is 0.160 e. The lowest BCUT2D eigenvalue weighted by Crippen LogP contribution is -2.37. The molecule has 2 atom stereocenters. The highest BCUT2D eigenvalue weighted by Crippen LogP contribution is 2.24. The van der Waals surface area contributed by atoms with E-state index in [1.54, 1.807) is 6.33 Å². The highest BCUT2D eigenvalue weighted by Gasteiger charge is 2.21. The Kier molecular flexibility index (Phi) is 4.66. The van der Waals surface area contributed by atoms with Gasteiger partial charge in [-0.25, -0.2) is 9.97 Å². The normalized spacial score (nSPS) is 18.8. The van der Waals surface area contributed by atoms with E-state index in [-0.39, 0.29) is 12.6 Å². The van der Waals surface area contributed by atoms with Crippen LogP contribution in [0, 0.1) is 5.92 Å². The number of piperidine rings is 1. The average molecular weight is 353 g/mol. The fourth-order valence-corrected chi connectivity index (χ4v) is 3.46. The minimum atomic E-state index is -0.0540. The molecule has 4 heterocycles. The van der Waals surface area contributed by atoms with E-state index < -0.39 is 0 Å². The zero-order chi connectivity index (χ0) is 17.9. The Bertz CT molecular complexity index is 881. The summed E-state index contributed by atoms with van der Waals surface area (Å²) in [5.41, 5.74) is 0.822. The van der Waals surface area contributed by atoms with Crippen LogP contribution in [0.15, 0.2) is 36.8 Å². The highest BCUT2D eigenvalue weighted by atomic mass is 16.3. The summed E-state index contributed by atoms with van der Waals surface area (Å²) in [5.74, 6) is 2.79. The van der Waals surface area contributed by atoms with Crippen molar-refractivity contribution in [3.8, 4) is 0 Å². The monoisotopic (exact) mass is 353 g/mol. The standard InChI is InChI=1S/C18H23N7O/c1-13(18-23-22-16-6-2-3-8-25(16)18)21-15-9-17(20-12-19-15)24-7-4-5-14(10-24)11-26/h2-3,6,8-9,12-14,26H,4-5,7,10-11H2,1H3,(H,19,20,21). The number of aliphatic hydroxyl groups excluding tert-OH is 1. The van der Waals surface area contributed by atoms with Crippen molar-refractivity contribution in [1.82, 2.24) is 24.6 Å². The van der Waals surface area contributed by atoms with Gasteiger partial charge in [-0.2, -0.15) is 0 Å². The van der Waals surface area contributed by atoms with E-state index in [1.807, 2.05) is 41.8 Å². The first-order valence-electron chi connectivity index (χ1n) is 8.98. The van der Waals surface area contributed by atoms with Crippen LogP contribution in [-0.4, -0.2) is 49.4 Å². The molecule has 0 aliphatic carbocycles. The first-order valence-corrected chi connectivity index (χ1v) is 8.98. The molecule has 3 aromatic rings. The largest absolute Gasteiger partial charge is 0.396 e. The number of nitrogens with zero attached hydrogens (tertiary/aromatic N) is 6. The molecule has 0 bridgehead atoms. The van der Waals surface area contributed by atoms with Crippen LogP contribution >= 0.6 is 0 Å². The molecule has 2 unspecified atom stereocenters. The van der Waals surface area contributed by atoms with E-state index in [1.165, 1.54) is 0 Å². The Labute approximate surface area is 151 Å². The molecule has 0 aromatic carbocycles. The van der Waals surface area contributed by atoms with Crippen LogP contribution in [0.25, 0.3) is 5.65 Å². The van der Waals surface area contributed by atoms with Gasteiger partial charge < -0.3 is 15.3 Å². The Morgan fingerprint density at radius 2 is 2.23 bits per heavy atom. The van der Waals surface area contributed by atoms with Gasteiger partial charge in [0.2, 0.25) is 0 Å². The van der Waals surface area contributed by atoms with E-state index in [9.17, 15) is 5.11 Å². The van der Waals surface area contributed by atoms with Gasteiger partial charge in [-0.3, -0.25) is 4.40 Å². The maximum absolute atomic E-state index is 9.43. The molecule has 1 saturated heterocycles. The lowest BCUT2D eigenvalue weighted by molar-refractivity contribution is 0.208. The average Bonchev–Trinajstić information content (AvgIpc) is 3.12. The quantitative estimate of drug-likeness (QED) is 0.724. The molecule has 2 N–H and O–H groups in total. The van der Waals surface area contributed by atoms with Crippen LogP contribution in [0.1, 0.15) is 31.6 Å². The predicted octanol–water partition coefficient (Wildman–Crippen LogP) is 1.90. The lowest BCUT2D eigenvalue weighted by atomic mass is 9.99. The first kappa shape index (κ1) is 16.7. The summed E-state index contributed by atoms with van der Waals surface area (Å²) in [6.45, 7) is 4.05. The summed E-state index contributed by atoms with van der Waals surface area (Å²) in [4.78, 5) is 11.0. The predicted molar refractivity (Wildman–Crippen MR) is 99.1 cm³/mol. The zero-order valence-electron chi connectivity index (χ0n) is 14.8. The van der Waals surface area contributed by atoms with Crippen molar-refractivity contribution in [1.29, 1.82) is 0 Å². The van der Waals surface area contributed by atoms with Crippen LogP contribution in [0.2, 0.25) is 0 Å². The number of hydrogen-bond donors (Lipinski definition) is 2. The molecule has 8 heteroatoms. The van der Waals surface area contributed by atoms with Crippen LogP contribution < -0.4 is 10.2 Å². The summed E-state index contributed by atoms with van der Waals surface area (Å²) in [5, 5.41) is 21.3. The molecule has 1 fully saturated rings. The Balaban J connectivity index is 1.51. The van der Waals surface area contributed by atoms with Crippen molar-refractivity contribution >= 4 is 17.3 Å². The number of fused-ring (bicyclic) bond motifs is 1. The van der Waals surface area contributed by atoms with Crippen molar-refractivity contribution in [2.24, 2.45) is 5.92 Å². The molecular formula is C18H23N7O. The summed E-state index contributed by atoms with van der Waals surface area (Å²) in [7, 11) is 0. The van der Waals surface area contributed by atoms with Crippen LogP contribution in [-0.2, 0) is 0 Å². The van der Waals surface area contributed by atoms with E-state index in [0.717, 1.165) is 49.0 Å². The van der Waals surface area contributed by atoms with Crippen molar-refractivity contribution in [2.45, 2.75) is 25.8 Å². The number of aliphatic hydroxyl groups is 1. The summed E-state index contributed by atoms with van der Waals surface area (Å²) in [6.07, 6.45) is 5.67. The smallest absolute Gasteiger partial charge is 0.160 e. The number of nitrogens with one attached hydrogen (secondary N) is 1. The molecule has 3 aromatic heterocycles. The molecule has 1 aliphatic rings. The van der Waals surface area contributed by atoms with E-state index in [0.29, 0.717) is 5.92 Å². The minimum absolute atomic E-state index is 0.0540. The van der Waals surface area contributed by atoms with Gasteiger partial charge in [-0.15, -0.1) is 10.2 Å². The number of aromatic nitrogens is 5. The highest BCUT2D eigenvalue weighted by molar-refractivity contribution is 5.49. The van der Waals surface area contributed by atoms with Gasteiger partial charge in [0.05, 0.1) is 6.04 Å². The summed E-state index contributed by atoms with van der Waals surface area (Å²) in [6, 6.07) is 7.74. The van der Waals surface area contributed by atoms with E-state index in [4.69, 9.17) is 0 Å². The minimum Gasteiger partial charge on any atom is -0.396 e. The van der Waals surface area contributed by atoms with Gasteiger partial charge in [-0.05, 0) is 37.8 Å². The molecular weight excluding hydrogens is 330 g/mol. The molecule has 8 nitrogen and oxygen atoms in total. The third-order valence-corrected chi connectivity index (χ3v) is 4.85. The maximum atomic E-state index is 9.43. The lowest BCUT2D eigenvalue weighted by Gasteiger charge is -2.32. The zero-order valence-corrected chi connectivity index (χ0v) is 14.8. The van der Waals surface area contributed by atoms with Crippen molar-refractivity contribution < 1.29 is 5.11 Å². The fraction of sp³-hybridized carbons (Fsp3) is 0.444. The van der Waals surface area contributed by atoms with Gasteiger partial charge in [0.1, 0.15) is 18.0 Å². The number of pyridine rings is 1. The van der Waals surface area contributed by atoms with Gasteiger partial charge in [-0.1, -0.05) is 6.07 Å². The molecule has 0 saturated carbocycles.